The maximum Gasteiger partial charge on any atom is 0.214 e. The molecule has 1 aromatic heterocycles. The highest BCUT2D eigenvalue weighted by Gasteiger charge is 2.52. The summed E-state index contributed by atoms with van der Waals surface area (Å²) in [5.74, 6) is 0. The fraction of sp³-hybridized carbons (Fsp3) is 0.455. The Morgan fingerprint density at radius 3 is 2.69 bits per heavy atom. The fourth-order valence-corrected chi connectivity index (χ4v) is 3.65. The van der Waals surface area contributed by atoms with Crippen LogP contribution in [0.15, 0.2) is 22.7 Å². The van der Waals surface area contributed by atoms with Gasteiger partial charge in [-0.3, -0.25) is 4.98 Å². The van der Waals surface area contributed by atoms with Gasteiger partial charge in [0.05, 0.1) is 14.5 Å². The first-order valence-corrected chi connectivity index (χ1v) is 6.97. The average Bonchev–Trinajstić information content (AvgIpc) is 3.00. The van der Waals surface area contributed by atoms with E-state index in [0.29, 0.717) is 0 Å². The van der Waals surface area contributed by atoms with Gasteiger partial charge in [0.2, 0.25) is 6.19 Å². The predicted molar refractivity (Wildman–Crippen MR) is 62.0 cm³/mol. The van der Waals surface area contributed by atoms with Crippen LogP contribution in [0.4, 0.5) is 0 Å². The summed E-state index contributed by atoms with van der Waals surface area (Å²) in [5.41, 5.74) is 1.86. The lowest BCUT2D eigenvalue weighted by molar-refractivity contribution is 0.668. The van der Waals surface area contributed by atoms with Crippen molar-refractivity contribution in [3.63, 3.8) is 0 Å². The molecule has 1 saturated carbocycles. The van der Waals surface area contributed by atoms with Crippen molar-refractivity contribution in [1.82, 2.24) is 4.98 Å². The summed E-state index contributed by atoms with van der Waals surface area (Å²) in [6, 6.07) is 3.84. The smallest absolute Gasteiger partial charge is 0.214 e. The van der Waals surface area contributed by atoms with Gasteiger partial charge >= 0.3 is 0 Å². The molecule has 1 aliphatic carbocycles. The molecule has 84 valence electrons. The van der Waals surface area contributed by atoms with Crippen molar-refractivity contribution in [2.24, 2.45) is 4.36 Å². The summed E-state index contributed by atoms with van der Waals surface area (Å²) in [7, 11) is -2.49. The molecular formula is C11H13N3OS. The van der Waals surface area contributed by atoms with E-state index in [0.717, 1.165) is 24.1 Å². The van der Waals surface area contributed by atoms with Gasteiger partial charge in [0, 0.05) is 18.1 Å². The van der Waals surface area contributed by atoms with Crippen molar-refractivity contribution in [3.05, 3.63) is 29.6 Å². The third-order valence-corrected chi connectivity index (χ3v) is 5.61. The summed E-state index contributed by atoms with van der Waals surface area (Å²) in [6.45, 7) is 1.91. The van der Waals surface area contributed by atoms with Crippen LogP contribution in [0, 0.1) is 18.4 Å². The molecule has 0 spiro atoms. The predicted octanol–water partition coefficient (Wildman–Crippen LogP) is 1.96. The second kappa shape index (κ2) is 3.56. The van der Waals surface area contributed by atoms with Crippen LogP contribution >= 0.6 is 0 Å². The molecule has 0 radical (unpaired) electrons. The molecule has 2 rings (SSSR count). The number of aromatic nitrogens is 1. The molecule has 1 aliphatic rings. The van der Waals surface area contributed by atoms with E-state index in [1.165, 1.54) is 0 Å². The monoisotopic (exact) mass is 235 g/mol. The van der Waals surface area contributed by atoms with Crippen LogP contribution < -0.4 is 0 Å². The molecule has 1 heterocycles. The molecule has 4 nitrogen and oxygen atoms in total. The van der Waals surface area contributed by atoms with Gasteiger partial charge < -0.3 is 0 Å². The Hall–Kier alpha value is -1.41. The molecule has 5 heteroatoms. The Kier molecular flexibility index (Phi) is 2.47. The van der Waals surface area contributed by atoms with E-state index in [2.05, 4.69) is 9.35 Å². The lowest BCUT2D eigenvalue weighted by atomic mass is 10.2. The highest BCUT2D eigenvalue weighted by molar-refractivity contribution is 7.94. The standard InChI is InChI=1S/C11H13N3OS/c1-9-3-4-10(7-13-9)11(5-6-11)16(2,15)14-8-12/h3-4,7H,5-6H2,1-2H3. The first kappa shape index (κ1) is 11.1. The number of pyridine rings is 1. The first-order chi connectivity index (χ1) is 7.52. The quantitative estimate of drug-likeness (QED) is 0.736. The third kappa shape index (κ3) is 1.59. The van der Waals surface area contributed by atoms with Gasteiger partial charge in [-0.25, -0.2) is 4.21 Å². The van der Waals surface area contributed by atoms with Crippen LogP contribution in [0.5, 0.6) is 0 Å². The van der Waals surface area contributed by atoms with Gasteiger partial charge in [0.25, 0.3) is 0 Å². The molecule has 1 fully saturated rings. The van der Waals surface area contributed by atoms with Crippen LogP contribution in [0.1, 0.15) is 24.1 Å². The van der Waals surface area contributed by atoms with Gasteiger partial charge in [0.1, 0.15) is 0 Å². The first-order valence-electron chi connectivity index (χ1n) is 5.05. The van der Waals surface area contributed by atoms with Crippen molar-refractivity contribution in [2.45, 2.75) is 24.5 Å². The average molecular weight is 235 g/mol. The summed E-state index contributed by atoms with van der Waals surface area (Å²) >= 11 is 0. The van der Waals surface area contributed by atoms with E-state index in [9.17, 15) is 4.21 Å². The zero-order valence-electron chi connectivity index (χ0n) is 9.30. The van der Waals surface area contributed by atoms with Crippen molar-refractivity contribution in [3.8, 4) is 6.19 Å². The maximum absolute atomic E-state index is 12.3. The lowest BCUT2D eigenvalue weighted by Gasteiger charge is -2.16. The topological polar surface area (TPSA) is 66.1 Å². The van der Waals surface area contributed by atoms with E-state index in [1.807, 2.05) is 19.1 Å². The molecule has 0 N–H and O–H groups in total. The lowest BCUT2D eigenvalue weighted by Crippen LogP contribution is -2.19. The van der Waals surface area contributed by atoms with Crippen LogP contribution in [0.2, 0.25) is 0 Å². The van der Waals surface area contributed by atoms with Crippen molar-refractivity contribution >= 4 is 9.73 Å². The molecule has 0 aliphatic heterocycles. The molecular weight excluding hydrogens is 222 g/mol. The summed E-state index contributed by atoms with van der Waals surface area (Å²) in [6.07, 6.45) is 6.61. The van der Waals surface area contributed by atoms with Crippen LogP contribution in [0.25, 0.3) is 0 Å². The van der Waals surface area contributed by atoms with E-state index in [4.69, 9.17) is 5.26 Å². The molecule has 0 aromatic carbocycles. The second-order valence-corrected chi connectivity index (χ2v) is 6.75. The maximum atomic E-state index is 12.3. The second-order valence-electron chi connectivity index (χ2n) is 4.18. The van der Waals surface area contributed by atoms with Gasteiger partial charge in [0.15, 0.2) is 0 Å². The number of hydrogen-bond donors (Lipinski definition) is 0. The highest BCUT2D eigenvalue weighted by Crippen LogP contribution is 2.53. The Labute approximate surface area is 95.5 Å². The number of rotatable bonds is 2. The van der Waals surface area contributed by atoms with E-state index < -0.39 is 14.5 Å². The van der Waals surface area contributed by atoms with Crippen molar-refractivity contribution in [1.29, 1.82) is 5.26 Å². The Morgan fingerprint density at radius 1 is 1.56 bits per heavy atom. The molecule has 0 saturated heterocycles. The summed E-state index contributed by atoms with van der Waals surface area (Å²) in [4.78, 5) is 4.21. The van der Waals surface area contributed by atoms with Crippen LogP contribution in [0.3, 0.4) is 0 Å². The molecule has 0 amide bonds. The molecule has 16 heavy (non-hydrogen) atoms. The van der Waals surface area contributed by atoms with Gasteiger partial charge in [-0.2, -0.15) is 5.26 Å². The zero-order valence-corrected chi connectivity index (χ0v) is 10.1. The highest BCUT2D eigenvalue weighted by atomic mass is 32.2. The Bertz CT molecular complexity index is 558. The minimum atomic E-state index is -2.49. The molecule has 1 unspecified atom stereocenters. The van der Waals surface area contributed by atoms with Crippen LogP contribution in [-0.2, 0) is 14.5 Å². The summed E-state index contributed by atoms with van der Waals surface area (Å²) in [5, 5.41) is 8.57. The molecule has 1 atom stereocenters. The molecule has 0 bridgehead atoms. The Morgan fingerprint density at radius 2 is 2.25 bits per heavy atom. The van der Waals surface area contributed by atoms with E-state index >= 15 is 0 Å². The fourth-order valence-electron chi connectivity index (χ4n) is 1.90. The SMILES string of the molecule is Cc1ccc(C2(S(C)(=O)=NC#N)CC2)cn1. The van der Waals surface area contributed by atoms with Crippen LogP contribution in [-0.4, -0.2) is 15.4 Å². The van der Waals surface area contributed by atoms with Gasteiger partial charge in [-0.05, 0) is 31.4 Å². The van der Waals surface area contributed by atoms with Crippen molar-refractivity contribution in [2.75, 3.05) is 6.26 Å². The Balaban J connectivity index is 2.50. The minimum absolute atomic E-state index is 0.441. The van der Waals surface area contributed by atoms with E-state index in [-0.39, 0.29) is 0 Å². The number of aryl methyl sites for hydroxylation is 1. The number of hydrogen-bond acceptors (Lipinski definition) is 4. The normalized spacial score (nSPS) is 20.6. The minimum Gasteiger partial charge on any atom is -0.261 e. The van der Waals surface area contributed by atoms with E-state index in [1.54, 1.807) is 18.6 Å². The van der Waals surface area contributed by atoms with Gasteiger partial charge in [-0.1, -0.05) is 6.07 Å². The zero-order chi connectivity index (χ0) is 11.8. The molecule has 1 aromatic rings. The number of nitrogens with zero attached hydrogens (tertiary/aromatic N) is 3. The van der Waals surface area contributed by atoms with Crippen molar-refractivity contribution < 1.29 is 4.21 Å². The summed E-state index contributed by atoms with van der Waals surface area (Å²) < 4.78 is 15.5. The van der Waals surface area contributed by atoms with Gasteiger partial charge in [-0.15, -0.1) is 4.36 Å². The number of nitriles is 1. The third-order valence-electron chi connectivity index (χ3n) is 3.08. The largest absolute Gasteiger partial charge is 0.261 e.